The van der Waals surface area contributed by atoms with Crippen LogP contribution in [0.15, 0.2) is 0 Å². The van der Waals surface area contributed by atoms with Gasteiger partial charge < -0.3 is 10.1 Å². The minimum atomic E-state index is -3.11. The van der Waals surface area contributed by atoms with E-state index in [4.69, 9.17) is 4.74 Å². The zero-order valence-corrected chi connectivity index (χ0v) is 13.1. The van der Waals surface area contributed by atoms with Gasteiger partial charge in [-0.25, -0.2) is 13.4 Å². The van der Waals surface area contributed by atoms with Crippen molar-refractivity contribution in [3.8, 4) is 0 Å². The van der Waals surface area contributed by atoms with Crippen LogP contribution in [0.25, 0.3) is 0 Å². The summed E-state index contributed by atoms with van der Waals surface area (Å²) in [5.74, 6) is 0. The molecule has 19 heavy (non-hydrogen) atoms. The minimum absolute atomic E-state index is 0.425. The van der Waals surface area contributed by atoms with Gasteiger partial charge in [0.15, 0.2) is 9.84 Å². The van der Waals surface area contributed by atoms with Crippen molar-refractivity contribution in [1.82, 2.24) is 10.3 Å². The van der Waals surface area contributed by atoms with Gasteiger partial charge in [0, 0.05) is 30.8 Å². The van der Waals surface area contributed by atoms with E-state index in [0.717, 1.165) is 17.1 Å². The molecule has 1 heterocycles. The molecule has 1 fully saturated rings. The number of nitrogens with zero attached hydrogens (tertiary/aromatic N) is 1. The first-order valence-electron chi connectivity index (χ1n) is 6.31. The molecule has 0 aromatic carbocycles. The molecule has 0 amide bonds. The molecule has 1 aromatic rings. The summed E-state index contributed by atoms with van der Waals surface area (Å²) in [6.07, 6.45) is 3.70. The Kier molecular flexibility index (Phi) is 4.60. The lowest BCUT2D eigenvalue weighted by Crippen LogP contribution is -2.15. The van der Waals surface area contributed by atoms with Gasteiger partial charge in [-0.1, -0.05) is 0 Å². The second-order valence-electron chi connectivity index (χ2n) is 4.98. The highest BCUT2D eigenvalue weighted by Gasteiger charge is 2.25. The lowest BCUT2D eigenvalue weighted by atomic mass is 10.3. The third kappa shape index (κ3) is 3.98. The smallest absolute Gasteiger partial charge is 0.156 e. The van der Waals surface area contributed by atoms with Crippen molar-refractivity contribution in [2.24, 2.45) is 0 Å². The maximum Gasteiger partial charge on any atom is 0.156 e. The van der Waals surface area contributed by atoms with Crippen molar-refractivity contribution >= 4 is 21.2 Å². The van der Waals surface area contributed by atoms with Crippen molar-refractivity contribution in [3.63, 3.8) is 0 Å². The lowest BCUT2D eigenvalue weighted by Gasteiger charge is -2.04. The average molecular weight is 304 g/mol. The van der Waals surface area contributed by atoms with Crippen LogP contribution in [0, 0.1) is 0 Å². The predicted molar refractivity (Wildman–Crippen MR) is 75.9 cm³/mol. The van der Waals surface area contributed by atoms with Crippen LogP contribution in [-0.2, 0) is 27.7 Å². The molecule has 1 aromatic heterocycles. The van der Waals surface area contributed by atoms with Crippen LogP contribution in [0.1, 0.15) is 40.6 Å². The highest BCUT2D eigenvalue weighted by atomic mass is 32.2. The molecule has 5 nitrogen and oxygen atoms in total. The predicted octanol–water partition coefficient (Wildman–Crippen LogP) is 1.65. The second kappa shape index (κ2) is 5.87. The van der Waals surface area contributed by atoms with E-state index in [2.05, 4.69) is 10.3 Å². The van der Waals surface area contributed by atoms with Crippen molar-refractivity contribution in [1.29, 1.82) is 0 Å². The first-order valence-corrected chi connectivity index (χ1v) is 9.08. The molecule has 0 saturated heterocycles. The van der Waals surface area contributed by atoms with Crippen LogP contribution >= 0.6 is 11.3 Å². The van der Waals surface area contributed by atoms with Crippen LogP contribution in [0.5, 0.6) is 0 Å². The monoisotopic (exact) mass is 304 g/mol. The Morgan fingerprint density at radius 3 is 2.74 bits per heavy atom. The maximum absolute atomic E-state index is 11.6. The molecule has 0 bridgehead atoms. The molecular weight excluding hydrogens is 284 g/mol. The Hall–Kier alpha value is -0.500. The molecule has 0 aliphatic heterocycles. The summed E-state index contributed by atoms with van der Waals surface area (Å²) in [6, 6.07) is 0.619. The second-order valence-corrected chi connectivity index (χ2v) is 8.46. The Morgan fingerprint density at radius 2 is 2.21 bits per heavy atom. The Labute approximate surface area is 118 Å². The van der Waals surface area contributed by atoms with E-state index in [-0.39, 0.29) is 0 Å². The Bertz CT molecular complexity index is 535. The molecule has 108 valence electrons. The summed E-state index contributed by atoms with van der Waals surface area (Å²) < 4.78 is 28.3. The SMILES string of the molecule is COCc1nc(C(C)S(C)(=O)=O)sc1CNC1CC1. The largest absolute Gasteiger partial charge is 0.378 e. The van der Waals surface area contributed by atoms with Crippen molar-refractivity contribution < 1.29 is 13.2 Å². The molecule has 0 radical (unpaired) electrons. The quantitative estimate of drug-likeness (QED) is 0.829. The first kappa shape index (κ1) is 14.9. The summed E-state index contributed by atoms with van der Waals surface area (Å²) in [5, 5.41) is 3.53. The van der Waals surface area contributed by atoms with E-state index in [0.29, 0.717) is 17.7 Å². The fourth-order valence-corrected chi connectivity index (χ4v) is 3.71. The van der Waals surface area contributed by atoms with Gasteiger partial charge in [-0.05, 0) is 19.8 Å². The summed E-state index contributed by atoms with van der Waals surface area (Å²) in [5.41, 5.74) is 0.853. The van der Waals surface area contributed by atoms with Crippen LogP contribution in [-0.4, -0.2) is 32.8 Å². The molecule has 1 N–H and O–H groups in total. The topological polar surface area (TPSA) is 68.3 Å². The number of hydrogen-bond acceptors (Lipinski definition) is 6. The molecule has 7 heteroatoms. The molecule has 2 rings (SSSR count). The molecule has 1 aliphatic rings. The lowest BCUT2D eigenvalue weighted by molar-refractivity contribution is 0.181. The highest BCUT2D eigenvalue weighted by Crippen LogP contribution is 2.29. The van der Waals surface area contributed by atoms with Crippen LogP contribution in [0.4, 0.5) is 0 Å². The Balaban J connectivity index is 2.17. The molecule has 1 atom stereocenters. The van der Waals surface area contributed by atoms with Crippen LogP contribution < -0.4 is 5.32 Å². The summed E-state index contributed by atoms with van der Waals surface area (Å²) in [4.78, 5) is 5.52. The van der Waals surface area contributed by atoms with Crippen molar-refractivity contribution in [2.45, 2.75) is 44.2 Å². The summed E-state index contributed by atoms with van der Waals surface area (Å²) in [7, 11) is -1.48. The number of hydrogen-bond donors (Lipinski definition) is 1. The zero-order chi connectivity index (χ0) is 14.0. The van der Waals surface area contributed by atoms with E-state index < -0.39 is 15.1 Å². The zero-order valence-electron chi connectivity index (χ0n) is 11.5. The molecule has 1 unspecified atom stereocenters. The van der Waals surface area contributed by atoms with Crippen molar-refractivity contribution in [2.75, 3.05) is 13.4 Å². The molecule has 1 aliphatic carbocycles. The third-order valence-corrected chi connectivity index (χ3v) is 6.13. The first-order chi connectivity index (χ1) is 8.91. The third-order valence-electron chi connectivity index (χ3n) is 3.19. The number of ether oxygens (including phenoxy) is 1. The van der Waals surface area contributed by atoms with Crippen molar-refractivity contribution in [3.05, 3.63) is 15.6 Å². The summed E-state index contributed by atoms with van der Waals surface area (Å²) >= 11 is 1.47. The van der Waals surface area contributed by atoms with Crippen LogP contribution in [0.2, 0.25) is 0 Å². The number of thiazole rings is 1. The highest BCUT2D eigenvalue weighted by molar-refractivity contribution is 7.91. The number of methoxy groups -OCH3 is 1. The van der Waals surface area contributed by atoms with Gasteiger partial charge in [0.25, 0.3) is 0 Å². The van der Waals surface area contributed by atoms with Gasteiger partial charge in [0.2, 0.25) is 0 Å². The van der Waals surface area contributed by atoms with E-state index in [1.807, 2.05) is 0 Å². The van der Waals surface area contributed by atoms with Gasteiger partial charge in [-0.3, -0.25) is 0 Å². The molecule has 1 saturated carbocycles. The standard InChI is InChI=1S/C12H20N2O3S2/c1-8(19(3,15)16)12-14-10(7-17-2)11(18-12)6-13-9-4-5-9/h8-9,13H,4-7H2,1-3H3. The minimum Gasteiger partial charge on any atom is -0.378 e. The van der Waals surface area contributed by atoms with Gasteiger partial charge in [-0.15, -0.1) is 11.3 Å². The molecular formula is C12H20N2O3S2. The number of rotatable bonds is 7. The van der Waals surface area contributed by atoms with Gasteiger partial charge in [-0.2, -0.15) is 0 Å². The Morgan fingerprint density at radius 1 is 1.53 bits per heavy atom. The summed E-state index contributed by atoms with van der Waals surface area (Å²) in [6.45, 7) is 2.86. The molecule has 0 spiro atoms. The number of aromatic nitrogens is 1. The van der Waals surface area contributed by atoms with Gasteiger partial charge >= 0.3 is 0 Å². The van der Waals surface area contributed by atoms with Gasteiger partial charge in [0.1, 0.15) is 10.3 Å². The van der Waals surface area contributed by atoms with E-state index in [1.54, 1.807) is 14.0 Å². The normalized spacial score (nSPS) is 17.6. The van der Waals surface area contributed by atoms with Crippen LogP contribution in [0.3, 0.4) is 0 Å². The maximum atomic E-state index is 11.6. The van der Waals surface area contributed by atoms with Gasteiger partial charge in [0.05, 0.1) is 12.3 Å². The van der Waals surface area contributed by atoms with E-state index in [1.165, 1.54) is 30.4 Å². The number of nitrogens with one attached hydrogen (secondary N) is 1. The van der Waals surface area contributed by atoms with E-state index >= 15 is 0 Å². The fourth-order valence-electron chi connectivity index (χ4n) is 1.67. The average Bonchev–Trinajstić information content (AvgIpc) is 3.07. The fraction of sp³-hybridized carbons (Fsp3) is 0.750. The number of sulfone groups is 1. The van der Waals surface area contributed by atoms with E-state index in [9.17, 15) is 8.42 Å².